The van der Waals surface area contributed by atoms with Gasteiger partial charge in [-0.25, -0.2) is 8.42 Å². The summed E-state index contributed by atoms with van der Waals surface area (Å²) in [6.07, 6.45) is 1.16. The fourth-order valence-corrected chi connectivity index (χ4v) is 5.92. The third kappa shape index (κ3) is 3.95. The summed E-state index contributed by atoms with van der Waals surface area (Å²) >= 11 is 5.98. The Balaban J connectivity index is 1.81. The minimum absolute atomic E-state index is 0.134. The van der Waals surface area contributed by atoms with Crippen molar-refractivity contribution in [2.75, 3.05) is 19.6 Å². The van der Waals surface area contributed by atoms with Crippen LogP contribution in [0.4, 0.5) is 0 Å². The Kier molecular flexibility index (Phi) is 6.11. The molecule has 28 heavy (non-hydrogen) atoms. The Morgan fingerprint density at radius 1 is 1.21 bits per heavy atom. The van der Waals surface area contributed by atoms with Gasteiger partial charge in [-0.05, 0) is 42.9 Å². The van der Waals surface area contributed by atoms with Gasteiger partial charge in [-0.15, -0.1) is 0 Å². The van der Waals surface area contributed by atoms with Crippen LogP contribution in [-0.2, 0) is 14.8 Å². The summed E-state index contributed by atoms with van der Waals surface area (Å²) in [5.41, 5.74) is -0.462. The van der Waals surface area contributed by atoms with Crippen LogP contribution in [0.1, 0.15) is 40.5 Å². The van der Waals surface area contributed by atoms with E-state index < -0.39 is 15.7 Å². The van der Waals surface area contributed by atoms with Crippen molar-refractivity contribution >= 4 is 27.5 Å². The smallest absolute Gasteiger partial charge is 0.243 e. The average molecular weight is 428 g/mol. The molecule has 2 aliphatic heterocycles. The van der Waals surface area contributed by atoms with Crippen LogP contribution in [-0.4, -0.2) is 54.9 Å². The molecule has 0 aliphatic carbocycles. The second kappa shape index (κ2) is 7.94. The van der Waals surface area contributed by atoms with Gasteiger partial charge in [0.15, 0.2) is 0 Å². The van der Waals surface area contributed by atoms with Crippen LogP contribution < -0.4 is 5.32 Å². The molecule has 1 amide bonds. The van der Waals surface area contributed by atoms with Crippen molar-refractivity contribution in [2.24, 2.45) is 11.8 Å². The Bertz CT molecular complexity index is 833. The largest absolute Gasteiger partial charge is 0.323 e. The Morgan fingerprint density at radius 3 is 2.39 bits per heavy atom. The van der Waals surface area contributed by atoms with E-state index in [0.717, 1.165) is 0 Å². The number of nitrogens with one attached hydrogen (secondary N) is 1. The van der Waals surface area contributed by atoms with Gasteiger partial charge < -0.3 is 4.90 Å². The fourth-order valence-electron chi connectivity index (χ4n) is 4.18. The number of carbonyl (C=O) groups excluding carboxylic acids is 1. The number of piperidine rings is 1. The molecule has 0 unspecified atom stereocenters. The zero-order valence-electron chi connectivity index (χ0n) is 17.0. The minimum atomic E-state index is -3.60. The third-order valence-corrected chi connectivity index (χ3v) is 7.80. The van der Waals surface area contributed by atoms with Crippen molar-refractivity contribution in [3.63, 3.8) is 0 Å². The van der Waals surface area contributed by atoms with E-state index in [0.29, 0.717) is 43.4 Å². The van der Waals surface area contributed by atoms with Gasteiger partial charge in [0.2, 0.25) is 15.9 Å². The van der Waals surface area contributed by atoms with Crippen molar-refractivity contribution in [1.82, 2.24) is 14.5 Å². The van der Waals surface area contributed by atoms with E-state index in [1.165, 1.54) is 10.4 Å². The van der Waals surface area contributed by atoms with Gasteiger partial charge in [0.25, 0.3) is 0 Å². The van der Waals surface area contributed by atoms with E-state index in [-0.39, 0.29) is 22.8 Å². The zero-order chi connectivity index (χ0) is 20.7. The Hall–Kier alpha value is -1.15. The maximum Gasteiger partial charge on any atom is 0.243 e. The molecule has 6 nitrogen and oxygen atoms in total. The van der Waals surface area contributed by atoms with E-state index in [9.17, 15) is 13.2 Å². The Labute approximate surface area is 173 Å². The molecule has 2 saturated heterocycles. The minimum Gasteiger partial charge on any atom is -0.323 e. The molecule has 3 rings (SSSR count). The molecule has 1 N–H and O–H groups in total. The molecule has 0 radical (unpaired) electrons. The molecule has 1 aromatic rings. The van der Waals surface area contributed by atoms with Crippen LogP contribution in [0.25, 0.3) is 0 Å². The molecule has 2 heterocycles. The SMILES string of the molecule is CC(C)CN1C(=O)[C@@H](C(C)C)NC12CCN(S(=O)(=O)c1cccc(Cl)c1)CC2. The summed E-state index contributed by atoms with van der Waals surface area (Å²) in [7, 11) is -3.60. The molecule has 2 aliphatic rings. The van der Waals surface area contributed by atoms with Crippen LogP contribution in [0.5, 0.6) is 0 Å². The van der Waals surface area contributed by atoms with E-state index >= 15 is 0 Å². The van der Waals surface area contributed by atoms with Crippen molar-refractivity contribution in [1.29, 1.82) is 0 Å². The van der Waals surface area contributed by atoms with Crippen LogP contribution in [0, 0.1) is 11.8 Å². The molecule has 0 aromatic heterocycles. The highest BCUT2D eigenvalue weighted by Gasteiger charge is 2.53. The highest BCUT2D eigenvalue weighted by molar-refractivity contribution is 7.89. The van der Waals surface area contributed by atoms with Gasteiger partial charge in [0.05, 0.1) is 16.6 Å². The first-order chi connectivity index (χ1) is 13.1. The number of rotatable bonds is 5. The third-order valence-electron chi connectivity index (χ3n) is 5.67. The van der Waals surface area contributed by atoms with Gasteiger partial charge in [-0.3, -0.25) is 10.1 Å². The normalized spacial score (nSPS) is 23.3. The standard InChI is InChI=1S/C20H30ClN3O3S/c1-14(2)13-24-19(25)18(15(3)4)22-20(24)8-10-23(11-9-20)28(26,27)17-7-5-6-16(21)12-17/h5-7,12,14-15,18,22H,8-11,13H2,1-4H3/t18-/m1/s1. The van der Waals surface area contributed by atoms with Crippen molar-refractivity contribution in [3.8, 4) is 0 Å². The first-order valence-corrected chi connectivity index (χ1v) is 11.7. The number of amides is 1. The highest BCUT2D eigenvalue weighted by atomic mass is 35.5. The van der Waals surface area contributed by atoms with Crippen molar-refractivity contribution in [2.45, 2.75) is 57.1 Å². The van der Waals surface area contributed by atoms with Gasteiger partial charge in [0, 0.05) is 24.7 Å². The van der Waals surface area contributed by atoms with Crippen LogP contribution in [0.2, 0.25) is 5.02 Å². The lowest BCUT2D eigenvalue weighted by molar-refractivity contribution is -0.134. The number of benzene rings is 1. The zero-order valence-corrected chi connectivity index (χ0v) is 18.6. The van der Waals surface area contributed by atoms with Crippen molar-refractivity contribution in [3.05, 3.63) is 29.3 Å². The molecular formula is C20H30ClN3O3S. The number of carbonyl (C=O) groups is 1. The molecule has 1 aromatic carbocycles. The van der Waals surface area contributed by atoms with E-state index in [1.54, 1.807) is 18.2 Å². The maximum atomic E-state index is 13.0. The Morgan fingerprint density at radius 2 is 1.86 bits per heavy atom. The van der Waals surface area contributed by atoms with E-state index in [2.05, 4.69) is 19.2 Å². The molecule has 2 fully saturated rings. The van der Waals surface area contributed by atoms with Crippen LogP contribution in [0.3, 0.4) is 0 Å². The molecule has 8 heteroatoms. The molecule has 156 valence electrons. The second-order valence-electron chi connectivity index (χ2n) is 8.60. The topological polar surface area (TPSA) is 69.7 Å². The first kappa shape index (κ1) is 21.6. The number of halogens is 1. The van der Waals surface area contributed by atoms with Crippen molar-refractivity contribution < 1.29 is 13.2 Å². The maximum absolute atomic E-state index is 13.0. The molecule has 0 saturated carbocycles. The number of hydrogen-bond acceptors (Lipinski definition) is 4. The molecule has 1 atom stereocenters. The highest BCUT2D eigenvalue weighted by Crippen LogP contribution is 2.36. The predicted molar refractivity (Wildman–Crippen MR) is 110 cm³/mol. The summed E-state index contributed by atoms with van der Waals surface area (Å²) in [6, 6.07) is 6.15. The van der Waals surface area contributed by atoms with Gasteiger partial charge in [0.1, 0.15) is 0 Å². The summed E-state index contributed by atoms with van der Waals surface area (Å²) in [5, 5.41) is 3.97. The predicted octanol–water partition coefficient (Wildman–Crippen LogP) is 2.93. The van der Waals surface area contributed by atoms with E-state index in [4.69, 9.17) is 11.6 Å². The molecule has 1 spiro atoms. The van der Waals surface area contributed by atoms with Gasteiger partial charge in [-0.1, -0.05) is 45.4 Å². The fraction of sp³-hybridized carbons (Fsp3) is 0.650. The first-order valence-electron chi connectivity index (χ1n) is 9.92. The van der Waals surface area contributed by atoms with Gasteiger partial charge in [-0.2, -0.15) is 4.31 Å². The number of sulfonamides is 1. The average Bonchev–Trinajstić information content (AvgIpc) is 2.88. The monoisotopic (exact) mass is 427 g/mol. The number of hydrogen-bond donors (Lipinski definition) is 1. The van der Waals surface area contributed by atoms with Crippen LogP contribution in [0.15, 0.2) is 29.2 Å². The summed E-state index contributed by atoms with van der Waals surface area (Å²) < 4.78 is 27.5. The lowest BCUT2D eigenvalue weighted by atomic mass is 9.96. The molecule has 0 bridgehead atoms. The summed E-state index contributed by atoms with van der Waals surface area (Å²) in [6.45, 7) is 9.70. The lowest BCUT2D eigenvalue weighted by Gasteiger charge is -2.44. The summed E-state index contributed by atoms with van der Waals surface area (Å²) in [4.78, 5) is 15.2. The second-order valence-corrected chi connectivity index (χ2v) is 11.0. The summed E-state index contributed by atoms with van der Waals surface area (Å²) in [5.74, 6) is 0.673. The van der Waals surface area contributed by atoms with Gasteiger partial charge >= 0.3 is 0 Å². The van der Waals surface area contributed by atoms with E-state index in [1.807, 2.05) is 18.7 Å². The number of nitrogens with zero attached hydrogens (tertiary/aromatic N) is 2. The lowest BCUT2D eigenvalue weighted by Crippen LogP contribution is -2.60. The van der Waals surface area contributed by atoms with Crippen LogP contribution >= 0.6 is 11.6 Å². The molecular weight excluding hydrogens is 398 g/mol. The quantitative estimate of drug-likeness (QED) is 0.784.